The van der Waals surface area contributed by atoms with Gasteiger partial charge < -0.3 is 14.8 Å². The van der Waals surface area contributed by atoms with E-state index in [1.807, 2.05) is 32.0 Å². The van der Waals surface area contributed by atoms with E-state index < -0.39 is 25.1 Å². The summed E-state index contributed by atoms with van der Waals surface area (Å²) in [5.41, 5.74) is 3.24. The molecule has 2 aromatic carbocycles. The van der Waals surface area contributed by atoms with E-state index in [0.29, 0.717) is 11.3 Å². The van der Waals surface area contributed by atoms with E-state index in [-0.39, 0.29) is 5.75 Å². The molecular weight excluding hydrogens is 356 g/mol. The minimum absolute atomic E-state index is 0.0211. The number of alkyl halides is 2. The van der Waals surface area contributed by atoms with Crippen LogP contribution in [0.2, 0.25) is 0 Å². The monoisotopic (exact) mass is 375 g/mol. The Morgan fingerprint density at radius 2 is 1.70 bits per heavy atom. The maximum atomic E-state index is 12.1. The third-order valence-corrected chi connectivity index (χ3v) is 3.37. The highest BCUT2D eigenvalue weighted by Crippen LogP contribution is 2.16. The molecule has 0 heterocycles. The lowest BCUT2D eigenvalue weighted by molar-refractivity contribution is -0.142. The smallest absolute Gasteiger partial charge is 0.387 e. The van der Waals surface area contributed by atoms with Gasteiger partial charge in [0.1, 0.15) is 5.75 Å². The number of hydrogen-bond donors (Lipinski definition) is 1. The molecule has 5 nitrogen and oxygen atoms in total. The quantitative estimate of drug-likeness (QED) is 0.585. The fraction of sp³-hybridized carbons (Fsp3) is 0.200. The van der Waals surface area contributed by atoms with E-state index in [2.05, 4.69) is 10.1 Å². The molecule has 1 amide bonds. The van der Waals surface area contributed by atoms with Crippen molar-refractivity contribution < 1.29 is 27.8 Å². The minimum Gasteiger partial charge on any atom is -0.452 e. The standard InChI is InChI=1S/C20H19F2NO4/c1-13-9-14(2)11-16(10-13)23-18(24)12-26-19(25)8-5-15-3-6-17(7-4-15)27-20(21)22/h3-11,20H,12H2,1-2H3,(H,23,24)/b8-5+. The van der Waals surface area contributed by atoms with Crippen LogP contribution in [0.1, 0.15) is 16.7 Å². The highest BCUT2D eigenvalue weighted by Gasteiger charge is 2.07. The summed E-state index contributed by atoms with van der Waals surface area (Å²) < 4.78 is 33.2. The third-order valence-electron chi connectivity index (χ3n) is 3.37. The first-order chi connectivity index (χ1) is 12.8. The summed E-state index contributed by atoms with van der Waals surface area (Å²) in [4.78, 5) is 23.5. The number of benzene rings is 2. The van der Waals surface area contributed by atoms with Gasteiger partial charge in [0, 0.05) is 11.8 Å². The van der Waals surface area contributed by atoms with Gasteiger partial charge in [0.2, 0.25) is 0 Å². The van der Waals surface area contributed by atoms with Gasteiger partial charge in [-0.1, -0.05) is 18.2 Å². The van der Waals surface area contributed by atoms with Crippen molar-refractivity contribution in [2.75, 3.05) is 11.9 Å². The first-order valence-corrected chi connectivity index (χ1v) is 8.09. The Balaban J connectivity index is 1.81. The van der Waals surface area contributed by atoms with Crippen LogP contribution in [-0.4, -0.2) is 25.1 Å². The van der Waals surface area contributed by atoms with E-state index in [9.17, 15) is 18.4 Å². The largest absolute Gasteiger partial charge is 0.452 e. The molecule has 2 rings (SSSR count). The number of hydrogen-bond acceptors (Lipinski definition) is 4. The maximum Gasteiger partial charge on any atom is 0.387 e. The summed E-state index contributed by atoms with van der Waals surface area (Å²) in [6.07, 6.45) is 2.59. The molecule has 1 N–H and O–H groups in total. The summed E-state index contributed by atoms with van der Waals surface area (Å²) in [5, 5.41) is 2.66. The van der Waals surface area contributed by atoms with E-state index >= 15 is 0 Å². The second-order valence-corrected chi connectivity index (χ2v) is 5.81. The fourth-order valence-electron chi connectivity index (χ4n) is 2.35. The van der Waals surface area contributed by atoms with Gasteiger partial charge in [0.15, 0.2) is 6.61 Å². The predicted octanol–water partition coefficient (Wildman–Crippen LogP) is 4.10. The molecule has 0 fully saturated rings. The molecular formula is C20H19F2NO4. The molecule has 7 heteroatoms. The molecule has 2 aromatic rings. The third kappa shape index (κ3) is 7.27. The van der Waals surface area contributed by atoms with Crippen LogP contribution >= 0.6 is 0 Å². The number of carbonyl (C=O) groups excluding carboxylic acids is 2. The Morgan fingerprint density at radius 3 is 2.30 bits per heavy atom. The molecule has 0 unspecified atom stereocenters. The van der Waals surface area contributed by atoms with Gasteiger partial charge in [-0.25, -0.2) is 4.79 Å². The van der Waals surface area contributed by atoms with Gasteiger partial charge >= 0.3 is 12.6 Å². The molecule has 0 atom stereocenters. The van der Waals surface area contributed by atoms with Crippen LogP contribution in [0.15, 0.2) is 48.5 Å². The Labute approximate surface area is 155 Å². The molecule has 0 saturated heterocycles. The van der Waals surface area contributed by atoms with Gasteiger partial charge in [-0.05, 0) is 60.9 Å². The molecule has 0 saturated carbocycles. The van der Waals surface area contributed by atoms with Crippen molar-refractivity contribution in [3.05, 3.63) is 65.2 Å². The zero-order valence-electron chi connectivity index (χ0n) is 14.9. The molecule has 0 bridgehead atoms. The van der Waals surface area contributed by atoms with Crippen LogP contribution in [0, 0.1) is 13.8 Å². The first-order valence-electron chi connectivity index (χ1n) is 8.09. The highest BCUT2D eigenvalue weighted by molar-refractivity contribution is 5.94. The van der Waals surface area contributed by atoms with Crippen LogP contribution < -0.4 is 10.1 Å². The van der Waals surface area contributed by atoms with Crippen LogP contribution in [0.4, 0.5) is 14.5 Å². The molecule has 142 valence electrons. The lowest BCUT2D eigenvalue weighted by Crippen LogP contribution is -2.20. The number of halogens is 2. The van der Waals surface area contributed by atoms with Crippen molar-refractivity contribution in [2.45, 2.75) is 20.5 Å². The van der Waals surface area contributed by atoms with Crippen molar-refractivity contribution in [3.8, 4) is 5.75 Å². The summed E-state index contributed by atoms with van der Waals surface area (Å²) in [5.74, 6) is -1.12. The van der Waals surface area contributed by atoms with Gasteiger partial charge in [-0.2, -0.15) is 8.78 Å². The van der Waals surface area contributed by atoms with Gasteiger partial charge in [-0.3, -0.25) is 4.79 Å². The summed E-state index contributed by atoms with van der Waals surface area (Å²) in [6, 6.07) is 11.3. The van der Waals surface area contributed by atoms with Crippen LogP contribution in [0.25, 0.3) is 6.08 Å². The zero-order chi connectivity index (χ0) is 19.8. The lowest BCUT2D eigenvalue weighted by Gasteiger charge is -2.07. The van der Waals surface area contributed by atoms with Gasteiger partial charge in [-0.15, -0.1) is 0 Å². The number of nitrogens with one attached hydrogen (secondary N) is 1. The second-order valence-electron chi connectivity index (χ2n) is 5.81. The Hall–Kier alpha value is -3.22. The SMILES string of the molecule is Cc1cc(C)cc(NC(=O)COC(=O)/C=C/c2ccc(OC(F)F)cc2)c1. The van der Waals surface area contributed by atoms with Crippen LogP contribution in [0.3, 0.4) is 0 Å². The van der Waals surface area contributed by atoms with Crippen LogP contribution in [-0.2, 0) is 14.3 Å². The van der Waals surface area contributed by atoms with Crippen molar-refractivity contribution in [1.29, 1.82) is 0 Å². The zero-order valence-corrected chi connectivity index (χ0v) is 14.9. The van der Waals surface area contributed by atoms with Gasteiger partial charge in [0.25, 0.3) is 5.91 Å². The number of rotatable bonds is 7. The Bertz CT molecular complexity index is 812. The lowest BCUT2D eigenvalue weighted by atomic mass is 10.1. The topological polar surface area (TPSA) is 64.6 Å². The number of ether oxygens (including phenoxy) is 2. The average Bonchev–Trinajstić information content (AvgIpc) is 2.58. The second kappa shape index (κ2) is 9.47. The summed E-state index contributed by atoms with van der Waals surface area (Å²) in [6.45, 7) is 0.521. The molecule has 0 aliphatic carbocycles. The average molecular weight is 375 g/mol. The summed E-state index contributed by atoms with van der Waals surface area (Å²) >= 11 is 0. The Morgan fingerprint density at radius 1 is 1.07 bits per heavy atom. The molecule has 0 aromatic heterocycles. The normalized spacial score (nSPS) is 10.9. The predicted molar refractivity (Wildman–Crippen MR) is 97.6 cm³/mol. The number of anilines is 1. The van der Waals surface area contributed by atoms with Crippen molar-refractivity contribution >= 4 is 23.6 Å². The number of esters is 1. The number of aryl methyl sites for hydroxylation is 2. The van der Waals surface area contributed by atoms with Crippen molar-refractivity contribution in [3.63, 3.8) is 0 Å². The number of carbonyl (C=O) groups is 2. The molecule has 0 aliphatic rings. The Kier molecular flexibility index (Phi) is 7.05. The van der Waals surface area contributed by atoms with E-state index in [0.717, 1.165) is 17.2 Å². The van der Waals surface area contributed by atoms with Gasteiger partial charge in [0.05, 0.1) is 0 Å². The fourth-order valence-corrected chi connectivity index (χ4v) is 2.35. The van der Waals surface area contributed by atoms with E-state index in [4.69, 9.17) is 4.74 Å². The van der Waals surface area contributed by atoms with E-state index in [1.54, 1.807) is 0 Å². The highest BCUT2D eigenvalue weighted by atomic mass is 19.3. The van der Waals surface area contributed by atoms with Crippen LogP contribution in [0.5, 0.6) is 5.75 Å². The maximum absolute atomic E-state index is 12.1. The number of amides is 1. The molecule has 0 aliphatic heterocycles. The summed E-state index contributed by atoms with van der Waals surface area (Å²) in [7, 11) is 0. The first kappa shape index (κ1) is 20.1. The molecule has 0 radical (unpaired) electrons. The van der Waals surface area contributed by atoms with E-state index in [1.165, 1.54) is 30.3 Å². The molecule has 0 spiro atoms. The van der Waals surface area contributed by atoms with Crippen molar-refractivity contribution in [1.82, 2.24) is 0 Å². The van der Waals surface area contributed by atoms with Crippen molar-refractivity contribution in [2.24, 2.45) is 0 Å². The minimum atomic E-state index is -2.89. The molecule has 27 heavy (non-hydrogen) atoms.